The summed E-state index contributed by atoms with van der Waals surface area (Å²) in [5, 5.41) is 0.805. The fraction of sp³-hybridized carbons (Fsp3) is 0.263. The number of hydrogen-bond acceptors (Lipinski definition) is 4. The highest BCUT2D eigenvalue weighted by atomic mass is 32.1. The molecule has 24 heavy (non-hydrogen) atoms. The van der Waals surface area contributed by atoms with Crippen LogP contribution in [0.25, 0.3) is 10.9 Å². The molecule has 0 fully saturated rings. The first kappa shape index (κ1) is 15.1. The number of ether oxygens (including phenoxy) is 1. The third-order valence-corrected chi connectivity index (χ3v) is 5.94. The lowest BCUT2D eigenvalue weighted by Gasteiger charge is -2.25. The van der Waals surface area contributed by atoms with E-state index in [0.29, 0.717) is 11.3 Å². The van der Waals surface area contributed by atoms with E-state index in [1.54, 1.807) is 23.0 Å². The molecule has 1 aromatic carbocycles. The van der Waals surface area contributed by atoms with Crippen molar-refractivity contribution < 1.29 is 9.53 Å². The Morgan fingerprint density at radius 2 is 2.00 bits per heavy atom. The molecule has 0 N–H and O–H groups in total. The SMILES string of the molecule is CCc1ccc([C@@H]2CC(=O)Oc3c2c(=O)n(C)c2ccccc32)s1. The lowest BCUT2D eigenvalue weighted by Crippen LogP contribution is -2.31. The van der Waals surface area contributed by atoms with E-state index < -0.39 is 0 Å². The Balaban J connectivity index is 2.03. The molecule has 0 radical (unpaired) electrons. The van der Waals surface area contributed by atoms with Crippen LogP contribution in [0.15, 0.2) is 41.2 Å². The van der Waals surface area contributed by atoms with Gasteiger partial charge in [-0.05, 0) is 30.7 Å². The number of fused-ring (bicyclic) bond motifs is 3. The fourth-order valence-electron chi connectivity index (χ4n) is 3.35. The van der Waals surface area contributed by atoms with Gasteiger partial charge in [0.05, 0.1) is 17.5 Å². The first-order chi connectivity index (χ1) is 11.6. The summed E-state index contributed by atoms with van der Waals surface area (Å²) in [5.74, 6) is -0.0754. The lowest BCUT2D eigenvalue weighted by atomic mass is 9.91. The number of rotatable bonds is 2. The molecule has 0 amide bonds. The van der Waals surface area contributed by atoms with Gasteiger partial charge in [-0.1, -0.05) is 19.1 Å². The molecule has 1 aliphatic rings. The molecule has 3 aromatic rings. The van der Waals surface area contributed by atoms with Gasteiger partial charge in [-0.3, -0.25) is 9.59 Å². The molecule has 1 atom stereocenters. The molecule has 4 nitrogen and oxygen atoms in total. The predicted molar refractivity (Wildman–Crippen MR) is 95.0 cm³/mol. The third-order valence-electron chi connectivity index (χ3n) is 4.60. The van der Waals surface area contributed by atoms with Crippen LogP contribution in [0.4, 0.5) is 0 Å². The maximum absolute atomic E-state index is 13.0. The number of aromatic nitrogens is 1. The van der Waals surface area contributed by atoms with Crippen LogP contribution < -0.4 is 10.3 Å². The summed E-state index contributed by atoms with van der Waals surface area (Å²) in [6.07, 6.45) is 1.16. The minimum Gasteiger partial charge on any atom is -0.425 e. The molecule has 3 heterocycles. The van der Waals surface area contributed by atoms with Gasteiger partial charge in [0.1, 0.15) is 5.75 Å². The Labute approximate surface area is 143 Å². The highest BCUT2D eigenvalue weighted by Gasteiger charge is 2.34. The number of nitrogens with zero attached hydrogens (tertiary/aromatic N) is 1. The van der Waals surface area contributed by atoms with Crippen LogP contribution in [0, 0.1) is 0 Å². The summed E-state index contributed by atoms with van der Waals surface area (Å²) >= 11 is 1.67. The zero-order chi connectivity index (χ0) is 16.8. The number of hydrogen-bond donors (Lipinski definition) is 0. The number of aryl methyl sites for hydroxylation is 2. The van der Waals surface area contributed by atoms with E-state index in [2.05, 4.69) is 13.0 Å². The zero-order valence-electron chi connectivity index (χ0n) is 13.5. The number of para-hydroxylation sites is 1. The van der Waals surface area contributed by atoms with Crippen molar-refractivity contribution in [1.82, 2.24) is 4.57 Å². The Hall–Kier alpha value is -2.40. The van der Waals surface area contributed by atoms with Crippen molar-refractivity contribution >= 4 is 28.2 Å². The number of thiophene rings is 1. The van der Waals surface area contributed by atoms with Gasteiger partial charge >= 0.3 is 5.97 Å². The maximum atomic E-state index is 13.0. The average molecular weight is 339 g/mol. The van der Waals surface area contributed by atoms with Crippen LogP contribution in [0.5, 0.6) is 5.75 Å². The van der Waals surface area contributed by atoms with Crippen molar-refractivity contribution in [3.05, 3.63) is 62.1 Å². The second kappa shape index (κ2) is 5.60. The Morgan fingerprint density at radius 1 is 1.21 bits per heavy atom. The molecule has 0 spiro atoms. The van der Waals surface area contributed by atoms with Crippen molar-refractivity contribution in [2.24, 2.45) is 7.05 Å². The van der Waals surface area contributed by atoms with E-state index in [9.17, 15) is 9.59 Å². The fourth-order valence-corrected chi connectivity index (χ4v) is 4.41. The molecule has 5 heteroatoms. The first-order valence-corrected chi connectivity index (χ1v) is 8.82. The van der Waals surface area contributed by atoms with Gasteiger partial charge in [-0.2, -0.15) is 0 Å². The van der Waals surface area contributed by atoms with Crippen molar-refractivity contribution in [3.63, 3.8) is 0 Å². The topological polar surface area (TPSA) is 48.3 Å². The van der Waals surface area contributed by atoms with Gasteiger partial charge in [-0.15, -0.1) is 11.3 Å². The van der Waals surface area contributed by atoms with Crippen LogP contribution in [0.3, 0.4) is 0 Å². The number of carbonyl (C=O) groups excluding carboxylic acids is 1. The molecule has 122 valence electrons. The average Bonchev–Trinajstić information content (AvgIpc) is 3.08. The van der Waals surface area contributed by atoms with Crippen LogP contribution in [0.1, 0.15) is 34.6 Å². The van der Waals surface area contributed by atoms with Crippen molar-refractivity contribution in [2.45, 2.75) is 25.7 Å². The minimum absolute atomic E-state index is 0.0901. The van der Waals surface area contributed by atoms with E-state index in [4.69, 9.17) is 4.74 Å². The van der Waals surface area contributed by atoms with Crippen molar-refractivity contribution in [1.29, 1.82) is 0 Å². The predicted octanol–water partition coefficient (Wildman–Crippen LogP) is 3.60. The standard InChI is InChI=1S/C19H17NO3S/c1-3-11-8-9-15(24-11)13-10-16(21)23-18-12-6-4-5-7-14(12)20(2)19(22)17(13)18/h4-9,13H,3,10H2,1-2H3/t13-/m0/s1. The Bertz CT molecular complexity index is 1020. The second-order valence-electron chi connectivity index (χ2n) is 6.01. The third kappa shape index (κ3) is 2.19. The van der Waals surface area contributed by atoms with E-state index in [-0.39, 0.29) is 23.9 Å². The van der Waals surface area contributed by atoms with Gasteiger partial charge in [0.25, 0.3) is 5.56 Å². The molecule has 0 unspecified atom stereocenters. The van der Waals surface area contributed by atoms with E-state index in [1.807, 2.05) is 30.3 Å². The summed E-state index contributed by atoms with van der Waals surface area (Å²) in [7, 11) is 1.77. The van der Waals surface area contributed by atoms with Gasteiger partial charge in [-0.25, -0.2) is 0 Å². The van der Waals surface area contributed by atoms with Gasteiger partial charge < -0.3 is 9.30 Å². The molecule has 1 aliphatic heterocycles. The van der Waals surface area contributed by atoms with Gasteiger partial charge in [0, 0.05) is 28.1 Å². The quantitative estimate of drug-likeness (QED) is 0.670. The van der Waals surface area contributed by atoms with E-state index in [0.717, 1.165) is 22.2 Å². The van der Waals surface area contributed by atoms with Gasteiger partial charge in [0.15, 0.2) is 0 Å². The summed E-state index contributed by atoms with van der Waals surface area (Å²) in [6, 6.07) is 11.6. The number of pyridine rings is 1. The normalized spacial score (nSPS) is 16.9. The first-order valence-electron chi connectivity index (χ1n) is 8.01. The second-order valence-corrected chi connectivity index (χ2v) is 7.21. The van der Waals surface area contributed by atoms with Crippen LogP contribution >= 0.6 is 11.3 Å². The monoisotopic (exact) mass is 339 g/mol. The molecule has 0 aliphatic carbocycles. The maximum Gasteiger partial charge on any atom is 0.312 e. The number of esters is 1. The summed E-state index contributed by atoms with van der Waals surface area (Å²) in [5.41, 5.74) is 1.28. The van der Waals surface area contributed by atoms with E-state index >= 15 is 0 Å². The summed E-state index contributed by atoms with van der Waals surface area (Å²) < 4.78 is 7.17. The molecule has 0 saturated heterocycles. The molecular weight excluding hydrogens is 322 g/mol. The summed E-state index contributed by atoms with van der Waals surface area (Å²) in [6.45, 7) is 2.10. The van der Waals surface area contributed by atoms with Crippen LogP contribution in [-0.4, -0.2) is 10.5 Å². The number of benzene rings is 1. The van der Waals surface area contributed by atoms with Crippen LogP contribution in [-0.2, 0) is 18.3 Å². The Morgan fingerprint density at radius 3 is 2.75 bits per heavy atom. The zero-order valence-corrected chi connectivity index (χ0v) is 14.4. The molecular formula is C19H17NO3S. The largest absolute Gasteiger partial charge is 0.425 e. The smallest absolute Gasteiger partial charge is 0.312 e. The number of carbonyl (C=O) groups is 1. The van der Waals surface area contributed by atoms with E-state index in [1.165, 1.54) is 4.88 Å². The lowest BCUT2D eigenvalue weighted by molar-refractivity contribution is -0.135. The summed E-state index contributed by atoms with van der Waals surface area (Å²) in [4.78, 5) is 27.5. The van der Waals surface area contributed by atoms with Gasteiger partial charge in [0.2, 0.25) is 0 Å². The molecule has 0 bridgehead atoms. The van der Waals surface area contributed by atoms with Crippen molar-refractivity contribution in [2.75, 3.05) is 0 Å². The van der Waals surface area contributed by atoms with Crippen molar-refractivity contribution in [3.8, 4) is 5.75 Å². The molecule has 2 aromatic heterocycles. The Kier molecular flexibility index (Phi) is 3.53. The molecule has 4 rings (SSSR count). The highest BCUT2D eigenvalue weighted by Crippen LogP contribution is 2.42. The van der Waals surface area contributed by atoms with Crippen LogP contribution in [0.2, 0.25) is 0 Å². The molecule has 0 saturated carbocycles. The minimum atomic E-state index is -0.280. The highest BCUT2D eigenvalue weighted by molar-refractivity contribution is 7.12.